The van der Waals surface area contributed by atoms with E-state index in [0.29, 0.717) is 6.54 Å². The lowest BCUT2D eigenvalue weighted by molar-refractivity contribution is 0.181. The summed E-state index contributed by atoms with van der Waals surface area (Å²) in [7, 11) is 0. The summed E-state index contributed by atoms with van der Waals surface area (Å²) in [5.74, 6) is 0. The van der Waals surface area contributed by atoms with Crippen molar-refractivity contribution in [2.45, 2.75) is 39.2 Å². The van der Waals surface area contributed by atoms with Crippen LogP contribution in [0.2, 0.25) is 0 Å². The van der Waals surface area contributed by atoms with E-state index < -0.39 is 0 Å². The van der Waals surface area contributed by atoms with Gasteiger partial charge in [-0.15, -0.1) is 17.9 Å². The molecule has 2 N–H and O–H groups in total. The predicted molar refractivity (Wildman–Crippen MR) is 86.6 cm³/mol. The number of hydrogen-bond donors (Lipinski definition) is 2. The number of aliphatic hydroxyl groups is 1. The van der Waals surface area contributed by atoms with Crippen LogP contribution >= 0.6 is 11.3 Å². The first kappa shape index (κ1) is 17.7. The number of carbonyl (C=O) groups is 1. The number of amides is 2. The SMILES string of the molecule is C=CCN(CCO)C(=O)NC(C)c1nc(C(C)(C)C)cs1. The third-order valence-electron chi connectivity index (χ3n) is 3.01. The van der Waals surface area contributed by atoms with E-state index in [4.69, 9.17) is 5.11 Å². The first-order chi connectivity index (χ1) is 9.79. The first-order valence-electron chi connectivity index (χ1n) is 7.02. The third-order valence-corrected chi connectivity index (χ3v) is 4.03. The van der Waals surface area contributed by atoms with Gasteiger partial charge in [0.2, 0.25) is 0 Å². The third kappa shape index (κ3) is 5.13. The van der Waals surface area contributed by atoms with Crippen molar-refractivity contribution in [1.29, 1.82) is 0 Å². The van der Waals surface area contributed by atoms with Gasteiger partial charge in [0.05, 0.1) is 18.3 Å². The number of thiazole rings is 1. The van der Waals surface area contributed by atoms with Gasteiger partial charge in [-0.1, -0.05) is 26.8 Å². The van der Waals surface area contributed by atoms with Crippen molar-refractivity contribution in [3.05, 3.63) is 28.7 Å². The fourth-order valence-electron chi connectivity index (χ4n) is 1.72. The first-order valence-corrected chi connectivity index (χ1v) is 7.90. The van der Waals surface area contributed by atoms with E-state index in [9.17, 15) is 4.79 Å². The number of rotatable bonds is 6. The minimum absolute atomic E-state index is 0.00421. The summed E-state index contributed by atoms with van der Waals surface area (Å²) in [4.78, 5) is 18.3. The Morgan fingerprint density at radius 1 is 1.62 bits per heavy atom. The van der Waals surface area contributed by atoms with Gasteiger partial charge in [-0.05, 0) is 6.92 Å². The minimum atomic E-state index is -0.219. The second-order valence-corrected chi connectivity index (χ2v) is 6.84. The topological polar surface area (TPSA) is 65.5 Å². The van der Waals surface area contributed by atoms with Crippen LogP contribution in [0.5, 0.6) is 0 Å². The molecule has 118 valence electrons. The summed E-state index contributed by atoms with van der Waals surface area (Å²) in [5, 5.41) is 14.8. The van der Waals surface area contributed by atoms with Gasteiger partial charge >= 0.3 is 6.03 Å². The molecule has 0 bridgehead atoms. The van der Waals surface area contributed by atoms with E-state index in [1.165, 1.54) is 4.90 Å². The highest BCUT2D eigenvalue weighted by Gasteiger charge is 2.21. The number of aliphatic hydroxyl groups excluding tert-OH is 1. The zero-order valence-corrected chi connectivity index (χ0v) is 14.0. The number of urea groups is 1. The Labute approximate surface area is 130 Å². The maximum atomic E-state index is 12.1. The molecule has 5 nitrogen and oxygen atoms in total. The molecule has 0 spiro atoms. The molecular weight excluding hydrogens is 286 g/mol. The maximum absolute atomic E-state index is 12.1. The van der Waals surface area contributed by atoms with E-state index in [0.717, 1.165) is 10.7 Å². The van der Waals surface area contributed by atoms with Crippen molar-refractivity contribution in [2.75, 3.05) is 19.7 Å². The molecule has 0 aliphatic carbocycles. The minimum Gasteiger partial charge on any atom is -0.395 e. The highest BCUT2D eigenvalue weighted by molar-refractivity contribution is 7.09. The molecular formula is C15H25N3O2S. The van der Waals surface area contributed by atoms with E-state index in [1.807, 2.05) is 12.3 Å². The average molecular weight is 311 g/mol. The Kier molecular flexibility index (Phi) is 6.36. The molecule has 0 aromatic carbocycles. The van der Waals surface area contributed by atoms with E-state index >= 15 is 0 Å². The molecule has 0 aliphatic rings. The van der Waals surface area contributed by atoms with Gasteiger partial charge in [-0.3, -0.25) is 0 Å². The van der Waals surface area contributed by atoms with Crippen molar-refractivity contribution in [3.63, 3.8) is 0 Å². The van der Waals surface area contributed by atoms with Crippen molar-refractivity contribution < 1.29 is 9.90 Å². The zero-order valence-electron chi connectivity index (χ0n) is 13.2. The van der Waals surface area contributed by atoms with Gasteiger partial charge in [0.15, 0.2) is 0 Å². The highest BCUT2D eigenvalue weighted by Crippen LogP contribution is 2.26. The molecule has 1 heterocycles. The summed E-state index contributed by atoms with van der Waals surface area (Å²) in [6.45, 7) is 12.5. The molecule has 1 atom stereocenters. The standard InChI is InChI=1S/C15H25N3O2S/c1-6-7-18(8-9-19)14(20)16-11(2)13-17-12(10-21-13)15(3,4)5/h6,10-11,19H,1,7-9H2,2-5H3,(H,16,20). The molecule has 2 amide bonds. The largest absolute Gasteiger partial charge is 0.395 e. The molecule has 1 rings (SSSR count). The van der Waals surface area contributed by atoms with Gasteiger partial charge in [-0.2, -0.15) is 0 Å². The lowest BCUT2D eigenvalue weighted by Gasteiger charge is -2.22. The maximum Gasteiger partial charge on any atom is 0.318 e. The van der Waals surface area contributed by atoms with Crippen LogP contribution in [0.1, 0.15) is 44.4 Å². The lowest BCUT2D eigenvalue weighted by Crippen LogP contribution is -2.42. The van der Waals surface area contributed by atoms with Crippen LogP contribution in [0.4, 0.5) is 4.79 Å². The van der Waals surface area contributed by atoms with E-state index in [-0.39, 0.29) is 30.6 Å². The number of nitrogens with one attached hydrogen (secondary N) is 1. The second kappa shape index (κ2) is 7.56. The Hall–Kier alpha value is -1.40. The van der Waals surface area contributed by atoms with Crippen LogP contribution in [0.15, 0.2) is 18.0 Å². The molecule has 1 unspecified atom stereocenters. The van der Waals surface area contributed by atoms with E-state index in [1.54, 1.807) is 17.4 Å². The lowest BCUT2D eigenvalue weighted by atomic mass is 9.93. The molecule has 0 radical (unpaired) electrons. The number of nitrogens with zero attached hydrogens (tertiary/aromatic N) is 2. The van der Waals surface area contributed by atoms with Crippen molar-refractivity contribution in [3.8, 4) is 0 Å². The van der Waals surface area contributed by atoms with Gasteiger partial charge < -0.3 is 15.3 Å². The summed E-state index contributed by atoms with van der Waals surface area (Å²) in [6.07, 6.45) is 1.64. The quantitative estimate of drug-likeness (QED) is 0.794. The Morgan fingerprint density at radius 3 is 2.76 bits per heavy atom. The summed E-state index contributed by atoms with van der Waals surface area (Å²) >= 11 is 1.55. The fourth-order valence-corrected chi connectivity index (χ4v) is 2.77. The molecule has 0 saturated heterocycles. The molecule has 6 heteroatoms. The molecule has 21 heavy (non-hydrogen) atoms. The summed E-state index contributed by atoms with van der Waals surface area (Å²) < 4.78 is 0. The molecule has 0 saturated carbocycles. The molecule has 0 fully saturated rings. The Morgan fingerprint density at radius 2 is 2.29 bits per heavy atom. The van der Waals surface area contributed by atoms with E-state index in [2.05, 4.69) is 37.7 Å². The Balaban J connectivity index is 2.71. The fraction of sp³-hybridized carbons (Fsp3) is 0.600. The number of hydrogen-bond acceptors (Lipinski definition) is 4. The van der Waals surface area contributed by atoms with Crippen LogP contribution in [0.3, 0.4) is 0 Å². The van der Waals surface area contributed by atoms with Gasteiger partial charge in [0.25, 0.3) is 0 Å². The summed E-state index contributed by atoms with van der Waals surface area (Å²) in [5.41, 5.74) is 1.03. The van der Waals surface area contributed by atoms with Crippen LogP contribution < -0.4 is 5.32 Å². The second-order valence-electron chi connectivity index (χ2n) is 5.95. The van der Waals surface area contributed by atoms with Crippen LogP contribution in [0.25, 0.3) is 0 Å². The number of aromatic nitrogens is 1. The molecule has 1 aromatic heterocycles. The van der Waals surface area contributed by atoms with Crippen LogP contribution in [-0.4, -0.2) is 40.7 Å². The van der Waals surface area contributed by atoms with Gasteiger partial charge in [-0.25, -0.2) is 9.78 Å². The van der Waals surface area contributed by atoms with Crippen molar-refractivity contribution in [2.24, 2.45) is 0 Å². The van der Waals surface area contributed by atoms with Crippen LogP contribution in [-0.2, 0) is 5.41 Å². The molecule has 1 aromatic rings. The highest BCUT2D eigenvalue weighted by atomic mass is 32.1. The van der Waals surface area contributed by atoms with Gasteiger partial charge in [0, 0.05) is 23.9 Å². The Bertz CT molecular complexity index is 480. The number of carbonyl (C=O) groups excluding carboxylic acids is 1. The van der Waals surface area contributed by atoms with Crippen molar-refractivity contribution in [1.82, 2.24) is 15.2 Å². The van der Waals surface area contributed by atoms with Crippen molar-refractivity contribution >= 4 is 17.4 Å². The monoisotopic (exact) mass is 311 g/mol. The molecule has 0 aliphatic heterocycles. The normalized spacial score (nSPS) is 12.8. The predicted octanol–water partition coefficient (Wildman–Crippen LogP) is 2.69. The average Bonchev–Trinajstić information content (AvgIpc) is 2.87. The zero-order chi connectivity index (χ0) is 16.0. The smallest absolute Gasteiger partial charge is 0.318 e. The van der Waals surface area contributed by atoms with Gasteiger partial charge in [0.1, 0.15) is 5.01 Å². The van der Waals surface area contributed by atoms with Crippen LogP contribution in [0, 0.1) is 0 Å². The summed E-state index contributed by atoms with van der Waals surface area (Å²) in [6, 6.07) is -0.381.